The summed E-state index contributed by atoms with van der Waals surface area (Å²) in [4.78, 5) is 24.9. The third-order valence-corrected chi connectivity index (χ3v) is 2.88. The molecule has 0 saturated carbocycles. The number of nitrogens with zero attached hydrogens (tertiary/aromatic N) is 2. The maximum atomic E-state index is 11.9. The topological polar surface area (TPSA) is 169 Å². The van der Waals surface area contributed by atoms with Crippen LogP contribution >= 0.6 is 0 Å². The van der Waals surface area contributed by atoms with Gasteiger partial charge < -0.3 is 26.6 Å². The van der Waals surface area contributed by atoms with E-state index in [-0.39, 0.29) is 11.9 Å². The van der Waals surface area contributed by atoms with Crippen molar-refractivity contribution in [2.24, 2.45) is 5.73 Å². The van der Waals surface area contributed by atoms with Gasteiger partial charge in [0.25, 0.3) is 5.97 Å². The monoisotopic (exact) mass is 364 g/mol. The number of carboxylic acid groups (broad SMARTS) is 1. The highest BCUT2D eigenvalue weighted by Crippen LogP contribution is 2.13. The van der Waals surface area contributed by atoms with Crippen molar-refractivity contribution < 1.29 is 19.4 Å². The molecule has 142 valence electrons. The van der Waals surface area contributed by atoms with Gasteiger partial charge >= 0.3 is 0 Å². The van der Waals surface area contributed by atoms with E-state index < -0.39 is 5.97 Å². The predicted octanol–water partition coefficient (Wildman–Crippen LogP) is -0.283. The molecule has 26 heavy (non-hydrogen) atoms. The number of anilines is 1. The Morgan fingerprint density at radius 2 is 2.12 bits per heavy atom. The lowest BCUT2D eigenvalue weighted by Gasteiger charge is -2.07. The molecule has 0 spiro atoms. The van der Waals surface area contributed by atoms with Crippen LogP contribution in [0.25, 0.3) is 0 Å². The van der Waals surface area contributed by atoms with E-state index in [1.54, 1.807) is 0 Å². The van der Waals surface area contributed by atoms with E-state index in [0.29, 0.717) is 44.1 Å². The van der Waals surface area contributed by atoms with E-state index in [1.165, 1.54) is 0 Å². The lowest BCUT2D eigenvalue weighted by Crippen LogP contribution is -2.27. The van der Waals surface area contributed by atoms with Gasteiger partial charge in [-0.05, 0) is 17.7 Å². The molecule has 0 saturated heterocycles. The lowest BCUT2D eigenvalue weighted by molar-refractivity contribution is -0.134. The second-order valence-electron chi connectivity index (χ2n) is 5.22. The van der Waals surface area contributed by atoms with Crippen molar-refractivity contribution in [2.45, 2.75) is 19.8 Å². The minimum absolute atomic E-state index is 0.0662. The summed E-state index contributed by atoms with van der Waals surface area (Å²) in [7, 11) is 0. The molecule has 1 aromatic heterocycles. The highest BCUT2D eigenvalue weighted by molar-refractivity contribution is 5.78. The quantitative estimate of drug-likeness (QED) is 0.426. The maximum Gasteiger partial charge on any atom is 0.300 e. The van der Waals surface area contributed by atoms with Crippen LogP contribution in [0.15, 0.2) is 24.3 Å². The smallest absolute Gasteiger partial charge is 0.300 e. The molecular formula is C16H24N6O4. The number of nitrogen functional groups attached to an aromatic ring is 1. The average molecular weight is 364 g/mol. The van der Waals surface area contributed by atoms with Crippen molar-refractivity contribution in [3.05, 3.63) is 35.7 Å². The number of ether oxygens (including phenoxy) is 1. The zero-order chi connectivity index (χ0) is 19.4. The minimum Gasteiger partial charge on any atom is -0.492 e. The molecule has 1 heterocycles. The number of carboxylic acids is 1. The first-order valence-electron chi connectivity index (χ1n) is 7.95. The molecule has 0 aliphatic heterocycles. The van der Waals surface area contributed by atoms with Crippen LogP contribution in [0.2, 0.25) is 0 Å². The molecule has 2 rings (SSSR count). The Labute approximate surface area is 150 Å². The Kier molecular flexibility index (Phi) is 9.18. The number of aromatic nitrogens is 3. The summed E-state index contributed by atoms with van der Waals surface area (Å²) in [5.74, 6) is 0.668. The molecule has 1 amide bonds. The molecule has 0 aliphatic carbocycles. The molecule has 0 unspecified atom stereocenters. The summed E-state index contributed by atoms with van der Waals surface area (Å²) >= 11 is 0. The fraction of sp³-hybridized carbons (Fsp3) is 0.375. The molecular weight excluding hydrogens is 340 g/mol. The molecule has 0 radical (unpaired) electrons. The van der Waals surface area contributed by atoms with Crippen LogP contribution < -0.4 is 21.5 Å². The molecule has 0 atom stereocenters. The molecule has 1 aromatic carbocycles. The van der Waals surface area contributed by atoms with Crippen molar-refractivity contribution in [3.8, 4) is 5.75 Å². The SMILES string of the molecule is CC(=O)O.NCCOc1cccc(CC(=O)NCCc2nc(N)n[nH]2)c1. The molecule has 0 bridgehead atoms. The van der Waals surface area contributed by atoms with Crippen molar-refractivity contribution >= 4 is 17.8 Å². The summed E-state index contributed by atoms with van der Waals surface area (Å²) in [6, 6.07) is 7.41. The molecule has 2 aromatic rings. The number of aliphatic carboxylic acids is 1. The van der Waals surface area contributed by atoms with Crippen molar-refractivity contribution in [1.82, 2.24) is 20.5 Å². The Bertz CT molecular complexity index is 700. The number of carbonyl (C=O) groups excluding carboxylic acids is 1. The van der Waals surface area contributed by atoms with E-state index >= 15 is 0 Å². The van der Waals surface area contributed by atoms with Crippen LogP contribution in [0.1, 0.15) is 18.3 Å². The van der Waals surface area contributed by atoms with Gasteiger partial charge in [0, 0.05) is 26.4 Å². The van der Waals surface area contributed by atoms with Crippen LogP contribution in [0, 0.1) is 0 Å². The van der Waals surface area contributed by atoms with E-state index in [1.807, 2.05) is 24.3 Å². The molecule has 10 nitrogen and oxygen atoms in total. The second kappa shape index (κ2) is 11.4. The summed E-state index contributed by atoms with van der Waals surface area (Å²) in [6.07, 6.45) is 0.841. The fourth-order valence-corrected chi connectivity index (χ4v) is 1.91. The van der Waals surface area contributed by atoms with Gasteiger partial charge in [-0.15, -0.1) is 5.10 Å². The van der Waals surface area contributed by atoms with Crippen molar-refractivity contribution in [3.63, 3.8) is 0 Å². The highest BCUT2D eigenvalue weighted by atomic mass is 16.5. The van der Waals surface area contributed by atoms with Gasteiger partial charge in [0.1, 0.15) is 18.2 Å². The summed E-state index contributed by atoms with van der Waals surface area (Å²) in [5.41, 5.74) is 11.7. The number of carbonyl (C=O) groups is 2. The number of rotatable bonds is 8. The first-order chi connectivity index (χ1) is 12.4. The lowest BCUT2D eigenvalue weighted by atomic mass is 10.1. The van der Waals surface area contributed by atoms with Gasteiger partial charge in [-0.2, -0.15) is 4.98 Å². The third kappa shape index (κ3) is 9.23. The number of nitrogens with one attached hydrogen (secondary N) is 2. The number of benzene rings is 1. The van der Waals surface area contributed by atoms with Crippen LogP contribution in [-0.4, -0.2) is 51.9 Å². The van der Waals surface area contributed by atoms with E-state index in [4.69, 9.17) is 26.1 Å². The minimum atomic E-state index is -0.833. The van der Waals surface area contributed by atoms with Gasteiger partial charge in [0.05, 0.1) is 6.42 Å². The molecule has 10 heteroatoms. The Morgan fingerprint density at radius 3 is 2.73 bits per heavy atom. The summed E-state index contributed by atoms with van der Waals surface area (Å²) < 4.78 is 5.43. The molecule has 0 aliphatic rings. The van der Waals surface area contributed by atoms with E-state index in [2.05, 4.69) is 20.5 Å². The maximum absolute atomic E-state index is 11.9. The number of nitrogens with two attached hydrogens (primary N) is 2. The number of amides is 1. The van der Waals surface area contributed by atoms with Crippen molar-refractivity contribution in [1.29, 1.82) is 0 Å². The van der Waals surface area contributed by atoms with Crippen LogP contribution in [0.4, 0.5) is 5.95 Å². The number of aromatic amines is 1. The highest BCUT2D eigenvalue weighted by Gasteiger charge is 2.05. The Balaban J connectivity index is 0.000000765. The van der Waals surface area contributed by atoms with Gasteiger partial charge in [-0.3, -0.25) is 14.7 Å². The third-order valence-electron chi connectivity index (χ3n) is 2.88. The zero-order valence-corrected chi connectivity index (χ0v) is 14.6. The van der Waals surface area contributed by atoms with Gasteiger partial charge in [-0.1, -0.05) is 12.1 Å². The summed E-state index contributed by atoms with van der Waals surface area (Å²) in [6.45, 7) is 2.46. The van der Waals surface area contributed by atoms with Crippen molar-refractivity contribution in [2.75, 3.05) is 25.4 Å². The van der Waals surface area contributed by atoms with E-state index in [0.717, 1.165) is 12.5 Å². The Hall–Kier alpha value is -3.14. The number of H-pyrrole nitrogens is 1. The first kappa shape index (κ1) is 20.9. The fourth-order valence-electron chi connectivity index (χ4n) is 1.91. The second-order valence-corrected chi connectivity index (χ2v) is 5.22. The van der Waals surface area contributed by atoms with Gasteiger partial charge in [0.2, 0.25) is 11.9 Å². The van der Waals surface area contributed by atoms with Crippen LogP contribution in [0.5, 0.6) is 5.75 Å². The number of hydrogen-bond donors (Lipinski definition) is 5. The zero-order valence-electron chi connectivity index (χ0n) is 14.6. The summed E-state index contributed by atoms with van der Waals surface area (Å²) in [5, 5.41) is 16.7. The first-order valence-corrected chi connectivity index (χ1v) is 7.95. The molecule has 0 fully saturated rings. The van der Waals surface area contributed by atoms with Gasteiger partial charge in [0.15, 0.2) is 0 Å². The van der Waals surface area contributed by atoms with Crippen LogP contribution in [-0.2, 0) is 22.4 Å². The largest absolute Gasteiger partial charge is 0.492 e. The average Bonchev–Trinajstić information content (AvgIpc) is 2.98. The predicted molar refractivity (Wildman–Crippen MR) is 95.5 cm³/mol. The number of hydrogen-bond acceptors (Lipinski definition) is 7. The van der Waals surface area contributed by atoms with Gasteiger partial charge in [-0.25, -0.2) is 0 Å². The normalized spacial score (nSPS) is 9.77. The standard InChI is InChI=1S/C14H20N6O2.C2H4O2/c15-5-7-22-11-3-1-2-10(8-11)9-13(21)17-6-4-12-18-14(16)20-19-12;1-2(3)4/h1-3,8H,4-7,9,15H2,(H,17,21)(H3,16,18,19,20);1H3,(H,3,4). The molecule has 7 N–H and O–H groups in total. The van der Waals surface area contributed by atoms with Crippen LogP contribution in [0.3, 0.4) is 0 Å². The Morgan fingerprint density at radius 1 is 1.38 bits per heavy atom. The van der Waals surface area contributed by atoms with E-state index in [9.17, 15) is 4.79 Å².